The molecule has 1 aliphatic heterocycles. The summed E-state index contributed by atoms with van der Waals surface area (Å²) in [6.45, 7) is 1.68. The van der Waals surface area contributed by atoms with Crippen LogP contribution >= 0.6 is 23.5 Å². The van der Waals surface area contributed by atoms with Gasteiger partial charge >= 0.3 is 6.18 Å². The highest BCUT2D eigenvalue weighted by atomic mass is 32.2. The van der Waals surface area contributed by atoms with Crippen LogP contribution in [-0.2, 0) is 0 Å². The Labute approximate surface area is 111 Å². The summed E-state index contributed by atoms with van der Waals surface area (Å²) in [5.41, 5.74) is 1.59. The Kier molecular flexibility index (Phi) is 4.29. The average Bonchev–Trinajstić information content (AvgIpc) is 2.73. The largest absolute Gasteiger partial charge is 0.398 e. The third-order valence-corrected chi connectivity index (χ3v) is 4.15. The molecule has 18 heavy (non-hydrogen) atoms. The zero-order chi connectivity index (χ0) is 13.2. The fraction of sp³-hybridized carbons (Fsp3) is 0.600. The average molecular weight is 295 g/mol. The first-order chi connectivity index (χ1) is 8.46. The number of thioether (sulfide) groups is 1. The van der Waals surface area contributed by atoms with Crippen molar-refractivity contribution in [3.05, 3.63) is 11.8 Å². The summed E-state index contributed by atoms with van der Waals surface area (Å²) in [6.07, 6.45) is -1.25. The lowest BCUT2D eigenvalue weighted by Gasteiger charge is -2.22. The Morgan fingerprint density at radius 1 is 1.44 bits per heavy atom. The lowest BCUT2D eigenvalue weighted by Crippen LogP contribution is -2.25. The molecule has 1 aromatic rings. The molecule has 100 valence electrons. The predicted molar refractivity (Wildman–Crippen MR) is 66.8 cm³/mol. The highest BCUT2D eigenvalue weighted by Crippen LogP contribution is 2.32. The molecule has 0 amide bonds. The van der Waals surface area contributed by atoms with Gasteiger partial charge in [-0.3, -0.25) is 0 Å². The van der Waals surface area contributed by atoms with Crippen LogP contribution in [0.3, 0.4) is 0 Å². The van der Waals surface area contributed by atoms with Crippen molar-refractivity contribution in [3.63, 3.8) is 0 Å². The van der Waals surface area contributed by atoms with Crippen molar-refractivity contribution in [2.75, 3.05) is 25.9 Å². The van der Waals surface area contributed by atoms with E-state index in [4.69, 9.17) is 0 Å². The van der Waals surface area contributed by atoms with Gasteiger partial charge in [-0.1, -0.05) is 17.8 Å². The quantitative estimate of drug-likeness (QED) is 0.802. The molecule has 3 nitrogen and oxygen atoms in total. The molecule has 0 aromatic carbocycles. The molecule has 0 saturated carbocycles. The number of aromatic nitrogens is 2. The SMILES string of the molecule is CN1CCC=C(c2nsnc2SCC(F)(F)F)C1. The van der Waals surface area contributed by atoms with Crippen LogP contribution in [0.25, 0.3) is 5.57 Å². The first-order valence-corrected chi connectivity index (χ1v) is 7.07. The summed E-state index contributed by atoms with van der Waals surface area (Å²) in [6, 6.07) is 0. The molecule has 0 unspecified atom stereocenters. The minimum Gasteiger partial charge on any atom is -0.302 e. The summed E-state index contributed by atoms with van der Waals surface area (Å²) in [5.74, 6) is -0.922. The van der Waals surface area contributed by atoms with Crippen molar-refractivity contribution in [1.29, 1.82) is 0 Å². The molecule has 0 N–H and O–H groups in total. The molecule has 2 rings (SSSR count). The van der Waals surface area contributed by atoms with Gasteiger partial charge in [-0.05, 0) is 19.0 Å². The van der Waals surface area contributed by atoms with E-state index >= 15 is 0 Å². The Bertz CT molecular complexity index is 442. The molecule has 0 aliphatic carbocycles. The van der Waals surface area contributed by atoms with Crippen molar-refractivity contribution in [2.24, 2.45) is 0 Å². The van der Waals surface area contributed by atoms with E-state index in [2.05, 4.69) is 13.6 Å². The van der Waals surface area contributed by atoms with Crippen molar-refractivity contribution in [1.82, 2.24) is 13.6 Å². The molecular formula is C10H12F3N3S2. The molecule has 8 heteroatoms. The molecule has 0 spiro atoms. The monoisotopic (exact) mass is 295 g/mol. The zero-order valence-electron chi connectivity index (χ0n) is 9.70. The predicted octanol–water partition coefficient (Wildman–Crippen LogP) is 2.91. The molecule has 0 fully saturated rings. The second-order valence-corrected chi connectivity index (χ2v) is 5.57. The van der Waals surface area contributed by atoms with Crippen LogP contribution in [0.4, 0.5) is 13.2 Å². The molecule has 2 heterocycles. The number of rotatable bonds is 3. The van der Waals surface area contributed by atoms with E-state index < -0.39 is 11.9 Å². The van der Waals surface area contributed by atoms with E-state index in [1.807, 2.05) is 13.1 Å². The van der Waals surface area contributed by atoms with Gasteiger partial charge in [0.15, 0.2) is 0 Å². The number of hydrogen-bond donors (Lipinski definition) is 0. The van der Waals surface area contributed by atoms with E-state index in [1.54, 1.807) is 0 Å². The Hall–Kier alpha value is -0.600. The smallest absolute Gasteiger partial charge is 0.302 e. The summed E-state index contributed by atoms with van der Waals surface area (Å²) in [4.78, 5) is 2.12. The molecule has 0 atom stereocenters. The fourth-order valence-electron chi connectivity index (χ4n) is 1.69. The van der Waals surface area contributed by atoms with Crippen LogP contribution in [-0.4, -0.2) is 45.7 Å². The lowest BCUT2D eigenvalue weighted by atomic mass is 10.1. The fourth-order valence-corrected chi connectivity index (χ4v) is 3.16. The van der Waals surface area contributed by atoms with Crippen molar-refractivity contribution in [2.45, 2.75) is 17.6 Å². The maximum absolute atomic E-state index is 12.2. The molecular weight excluding hydrogens is 283 g/mol. The summed E-state index contributed by atoms with van der Waals surface area (Å²) in [5, 5.41) is 0.388. The van der Waals surface area contributed by atoms with E-state index in [0.29, 0.717) is 29.0 Å². The number of alkyl halides is 3. The van der Waals surface area contributed by atoms with Gasteiger partial charge in [0.1, 0.15) is 10.7 Å². The Morgan fingerprint density at radius 3 is 2.89 bits per heavy atom. The van der Waals surface area contributed by atoms with Crippen LogP contribution in [0.15, 0.2) is 11.1 Å². The van der Waals surface area contributed by atoms with Crippen LogP contribution < -0.4 is 0 Å². The second kappa shape index (κ2) is 5.58. The minimum absolute atomic E-state index is 0.388. The van der Waals surface area contributed by atoms with Gasteiger partial charge < -0.3 is 4.90 Å². The van der Waals surface area contributed by atoms with Crippen LogP contribution in [0.2, 0.25) is 0 Å². The van der Waals surface area contributed by atoms with Crippen molar-refractivity contribution in [3.8, 4) is 0 Å². The Balaban J connectivity index is 2.10. The van der Waals surface area contributed by atoms with Gasteiger partial charge in [-0.15, -0.1) is 0 Å². The number of halogens is 3. The van der Waals surface area contributed by atoms with E-state index in [0.717, 1.165) is 30.3 Å². The van der Waals surface area contributed by atoms with Gasteiger partial charge in [0, 0.05) is 13.1 Å². The third kappa shape index (κ3) is 3.69. The maximum Gasteiger partial charge on any atom is 0.398 e. The highest BCUT2D eigenvalue weighted by Gasteiger charge is 2.29. The number of nitrogens with zero attached hydrogens (tertiary/aromatic N) is 3. The van der Waals surface area contributed by atoms with Crippen LogP contribution in [0.1, 0.15) is 12.1 Å². The topological polar surface area (TPSA) is 29.0 Å². The van der Waals surface area contributed by atoms with Gasteiger partial charge in [0.2, 0.25) is 0 Å². The van der Waals surface area contributed by atoms with Gasteiger partial charge in [0.25, 0.3) is 0 Å². The first-order valence-electron chi connectivity index (χ1n) is 5.36. The van der Waals surface area contributed by atoms with Gasteiger partial charge in [-0.25, -0.2) is 0 Å². The van der Waals surface area contributed by atoms with Crippen molar-refractivity contribution < 1.29 is 13.2 Å². The van der Waals surface area contributed by atoms with Crippen LogP contribution in [0, 0.1) is 0 Å². The molecule has 0 bridgehead atoms. The molecule has 1 aliphatic rings. The molecule has 0 saturated heterocycles. The highest BCUT2D eigenvalue weighted by molar-refractivity contribution is 7.99. The lowest BCUT2D eigenvalue weighted by molar-refractivity contribution is -0.105. The zero-order valence-corrected chi connectivity index (χ0v) is 11.3. The third-order valence-electron chi connectivity index (χ3n) is 2.48. The number of likely N-dealkylation sites (N-methyl/N-ethyl adjacent to an activating group) is 1. The maximum atomic E-state index is 12.2. The van der Waals surface area contributed by atoms with Gasteiger partial charge in [0.05, 0.1) is 17.5 Å². The summed E-state index contributed by atoms with van der Waals surface area (Å²) in [7, 11) is 1.98. The minimum atomic E-state index is -4.18. The first kappa shape index (κ1) is 13.8. The second-order valence-electron chi connectivity index (χ2n) is 4.08. The van der Waals surface area contributed by atoms with E-state index in [-0.39, 0.29) is 0 Å². The van der Waals surface area contributed by atoms with Crippen molar-refractivity contribution >= 4 is 29.1 Å². The summed E-state index contributed by atoms with van der Waals surface area (Å²) >= 11 is 1.67. The van der Waals surface area contributed by atoms with Crippen LogP contribution in [0.5, 0.6) is 0 Å². The molecule has 0 radical (unpaired) electrons. The van der Waals surface area contributed by atoms with Gasteiger partial charge in [-0.2, -0.15) is 21.9 Å². The molecule has 1 aromatic heterocycles. The standard InChI is InChI=1S/C10H12F3N3S2/c1-16-4-2-3-7(5-16)8-9(15-18-14-8)17-6-10(11,12)13/h3H,2,4-6H2,1H3. The van der Waals surface area contributed by atoms with E-state index in [1.165, 1.54) is 0 Å². The van der Waals surface area contributed by atoms with E-state index in [9.17, 15) is 13.2 Å². The Morgan fingerprint density at radius 2 is 2.22 bits per heavy atom. The number of hydrogen-bond acceptors (Lipinski definition) is 5. The normalized spacial score (nSPS) is 17.9. The summed E-state index contributed by atoms with van der Waals surface area (Å²) < 4.78 is 44.7.